The number of hydrogen-bond acceptors (Lipinski definition) is 4. The van der Waals surface area contributed by atoms with Crippen molar-refractivity contribution < 1.29 is 14.3 Å². The van der Waals surface area contributed by atoms with E-state index >= 15 is 0 Å². The molecule has 0 saturated carbocycles. The van der Waals surface area contributed by atoms with Gasteiger partial charge in [-0.2, -0.15) is 5.10 Å². The summed E-state index contributed by atoms with van der Waals surface area (Å²) >= 11 is 5.87. The summed E-state index contributed by atoms with van der Waals surface area (Å²) < 4.78 is 7.63. The summed E-state index contributed by atoms with van der Waals surface area (Å²) in [6.07, 6.45) is 0.150. The molecule has 1 heterocycles. The molecule has 1 aromatic heterocycles. The molecule has 0 saturated heterocycles. The molecule has 3 rings (SSSR count). The molecule has 0 aliphatic carbocycles. The largest absolute Gasteiger partial charge is 0.489 e. The van der Waals surface area contributed by atoms with Crippen molar-refractivity contribution in [3.8, 4) is 5.75 Å². The van der Waals surface area contributed by atoms with Gasteiger partial charge in [0, 0.05) is 28.4 Å². The standard InChI is InChI=1S/C25H29ClN4O3/c1-16(2)14-30-18(4)23(17(3)29-30)13-24(31)27-28-25(32)20-7-5-19(6-8-20)15-33-22-11-9-21(26)10-12-22/h5-12,16H,13-15H2,1-4H3,(H,27,31)(H,28,32). The molecule has 8 heteroatoms. The van der Waals surface area contributed by atoms with E-state index in [-0.39, 0.29) is 12.3 Å². The third kappa shape index (κ3) is 6.83. The van der Waals surface area contributed by atoms with E-state index in [1.54, 1.807) is 36.4 Å². The summed E-state index contributed by atoms with van der Waals surface area (Å²) in [6, 6.07) is 14.1. The Morgan fingerprint density at radius 2 is 1.70 bits per heavy atom. The fraction of sp³-hybridized carbons (Fsp3) is 0.320. The second-order valence-corrected chi connectivity index (χ2v) is 8.78. The van der Waals surface area contributed by atoms with E-state index in [1.807, 2.05) is 30.7 Å². The Kier molecular flexibility index (Phi) is 8.11. The van der Waals surface area contributed by atoms with Crippen molar-refractivity contribution in [2.45, 2.75) is 47.3 Å². The van der Waals surface area contributed by atoms with Gasteiger partial charge in [-0.1, -0.05) is 37.6 Å². The molecule has 2 amide bonds. The monoisotopic (exact) mass is 468 g/mol. The van der Waals surface area contributed by atoms with Crippen molar-refractivity contribution >= 4 is 23.4 Å². The molecule has 174 valence electrons. The van der Waals surface area contributed by atoms with Crippen molar-refractivity contribution in [1.82, 2.24) is 20.6 Å². The van der Waals surface area contributed by atoms with Gasteiger partial charge in [-0.3, -0.25) is 25.1 Å². The molecule has 0 fully saturated rings. The summed E-state index contributed by atoms with van der Waals surface area (Å²) in [5, 5.41) is 5.18. The van der Waals surface area contributed by atoms with Gasteiger partial charge in [0.15, 0.2) is 0 Å². The average molecular weight is 469 g/mol. The van der Waals surface area contributed by atoms with Crippen molar-refractivity contribution in [1.29, 1.82) is 0 Å². The fourth-order valence-electron chi connectivity index (χ4n) is 3.37. The number of benzene rings is 2. The van der Waals surface area contributed by atoms with Gasteiger partial charge in [-0.15, -0.1) is 0 Å². The van der Waals surface area contributed by atoms with Crippen LogP contribution in [0.5, 0.6) is 5.75 Å². The third-order valence-electron chi connectivity index (χ3n) is 5.16. The lowest BCUT2D eigenvalue weighted by Crippen LogP contribution is -2.42. The van der Waals surface area contributed by atoms with Gasteiger partial charge in [-0.05, 0) is 61.7 Å². The second-order valence-electron chi connectivity index (χ2n) is 8.34. The van der Waals surface area contributed by atoms with E-state index in [4.69, 9.17) is 16.3 Å². The van der Waals surface area contributed by atoms with Crippen molar-refractivity contribution in [3.63, 3.8) is 0 Å². The number of hydrazine groups is 1. The minimum absolute atomic E-state index is 0.150. The smallest absolute Gasteiger partial charge is 0.269 e. The zero-order valence-corrected chi connectivity index (χ0v) is 20.1. The number of nitrogens with zero attached hydrogens (tertiary/aromatic N) is 2. The molecular formula is C25H29ClN4O3. The van der Waals surface area contributed by atoms with Gasteiger partial charge in [0.25, 0.3) is 5.91 Å². The van der Waals surface area contributed by atoms with Crippen molar-refractivity contribution in [2.75, 3.05) is 0 Å². The lowest BCUT2D eigenvalue weighted by molar-refractivity contribution is -0.121. The predicted molar refractivity (Wildman–Crippen MR) is 128 cm³/mol. The molecule has 0 atom stereocenters. The van der Waals surface area contributed by atoms with Crippen LogP contribution in [-0.2, 0) is 24.4 Å². The Bertz CT molecular complexity index is 1110. The number of halogens is 1. The summed E-state index contributed by atoms with van der Waals surface area (Å²) in [4.78, 5) is 24.8. The van der Waals surface area contributed by atoms with Crippen molar-refractivity contribution in [2.24, 2.45) is 5.92 Å². The molecule has 2 aromatic carbocycles. The third-order valence-corrected chi connectivity index (χ3v) is 5.41. The summed E-state index contributed by atoms with van der Waals surface area (Å²) in [5.41, 5.74) is 8.98. The number of rotatable bonds is 8. The van der Waals surface area contributed by atoms with E-state index < -0.39 is 5.91 Å². The summed E-state index contributed by atoms with van der Waals surface area (Å²) in [6.45, 7) is 9.26. The van der Waals surface area contributed by atoms with E-state index in [1.165, 1.54) is 0 Å². The molecule has 7 nitrogen and oxygen atoms in total. The first-order valence-corrected chi connectivity index (χ1v) is 11.2. The van der Waals surface area contributed by atoms with Gasteiger partial charge in [0.05, 0.1) is 12.1 Å². The van der Waals surface area contributed by atoms with Crippen molar-refractivity contribution in [3.05, 3.63) is 81.6 Å². The minimum atomic E-state index is -0.391. The van der Waals surface area contributed by atoms with Gasteiger partial charge in [-0.25, -0.2) is 0 Å². The zero-order chi connectivity index (χ0) is 24.0. The van der Waals surface area contributed by atoms with E-state index in [0.717, 1.165) is 29.1 Å². The maximum atomic E-state index is 12.4. The minimum Gasteiger partial charge on any atom is -0.489 e. The predicted octanol–water partition coefficient (Wildman–Crippen LogP) is 4.39. The van der Waals surface area contributed by atoms with Gasteiger partial charge >= 0.3 is 0 Å². The summed E-state index contributed by atoms with van der Waals surface area (Å²) in [7, 11) is 0. The van der Waals surface area contributed by atoms with E-state index in [9.17, 15) is 9.59 Å². The van der Waals surface area contributed by atoms with Crippen LogP contribution in [0.4, 0.5) is 0 Å². The SMILES string of the molecule is Cc1nn(CC(C)C)c(C)c1CC(=O)NNC(=O)c1ccc(COc2ccc(Cl)cc2)cc1. The first-order chi connectivity index (χ1) is 15.7. The lowest BCUT2D eigenvalue weighted by Gasteiger charge is -2.10. The second kappa shape index (κ2) is 11.0. The molecule has 0 aliphatic rings. The van der Waals surface area contributed by atoms with Crippen LogP contribution in [0.15, 0.2) is 48.5 Å². The van der Waals surface area contributed by atoms with Crippen LogP contribution in [0, 0.1) is 19.8 Å². The first-order valence-electron chi connectivity index (χ1n) is 10.8. The Labute approximate surface area is 199 Å². The molecule has 0 radical (unpaired) electrons. The molecule has 0 bridgehead atoms. The molecular weight excluding hydrogens is 440 g/mol. The Morgan fingerprint density at radius 3 is 2.33 bits per heavy atom. The highest BCUT2D eigenvalue weighted by Gasteiger charge is 2.16. The molecule has 0 aliphatic heterocycles. The fourth-order valence-corrected chi connectivity index (χ4v) is 3.49. The van der Waals surface area contributed by atoms with Crippen LogP contribution < -0.4 is 15.6 Å². The molecule has 0 spiro atoms. The normalized spacial score (nSPS) is 10.8. The summed E-state index contributed by atoms with van der Waals surface area (Å²) in [5.74, 6) is 0.479. The number of carbonyl (C=O) groups excluding carboxylic acids is 2. The highest BCUT2D eigenvalue weighted by atomic mass is 35.5. The number of carbonyl (C=O) groups is 2. The number of aryl methyl sites for hydroxylation is 1. The average Bonchev–Trinajstić information content (AvgIpc) is 3.04. The molecule has 2 N–H and O–H groups in total. The molecule has 0 unspecified atom stereocenters. The van der Waals surface area contributed by atoms with Crippen LogP contribution in [-0.4, -0.2) is 21.6 Å². The Morgan fingerprint density at radius 1 is 1.03 bits per heavy atom. The van der Waals surface area contributed by atoms with Gasteiger partial charge in [0.1, 0.15) is 12.4 Å². The quantitative estimate of drug-likeness (QED) is 0.480. The maximum absolute atomic E-state index is 12.4. The van der Waals surface area contributed by atoms with Gasteiger partial charge < -0.3 is 4.74 Å². The number of hydrogen-bond donors (Lipinski definition) is 2. The number of nitrogens with one attached hydrogen (secondary N) is 2. The van der Waals surface area contributed by atoms with Crippen LogP contribution in [0.25, 0.3) is 0 Å². The van der Waals surface area contributed by atoms with Crippen LogP contribution in [0.1, 0.15) is 46.7 Å². The molecule has 3 aromatic rings. The van der Waals surface area contributed by atoms with Crippen LogP contribution >= 0.6 is 11.6 Å². The topological polar surface area (TPSA) is 85.3 Å². The van der Waals surface area contributed by atoms with Crippen LogP contribution in [0.2, 0.25) is 5.02 Å². The van der Waals surface area contributed by atoms with E-state index in [0.29, 0.717) is 28.9 Å². The Balaban J connectivity index is 1.49. The van der Waals surface area contributed by atoms with Gasteiger partial charge in [0.2, 0.25) is 5.91 Å². The maximum Gasteiger partial charge on any atom is 0.269 e. The zero-order valence-electron chi connectivity index (χ0n) is 19.3. The number of ether oxygens (including phenoxy) is 1. The highest BCUT2D eigenvalue weighted by molar-refractivity contribution is 6.30. The Hall–Kier alpha value is -3.32. The molecule has 33 heavy (non-hydrogen) atoms. The number of aromatic nitrogens is 2. The van der Waals surface area contributed by atoms with E-state index in [2.05, 4.69) is 29.8 Å². The van der Waals surface area contributed by atoms with Crippen LogP contribution in [0.3, 0.4) is 0 Å². The first kappa shape index (κ1) is 24.3. The lowest BCUT2D eigenvalue weighted by atomic mass is 10.1. The highest BCUT2D eigenvalue weighted by Crippen LogP contribution is 2.17. The number of amides is 2.